The van der Waals surface area contributed by atoms with Gasteiger partial charge < -0.3 is 19.3 Å². The van der Waals surface area contributed by atoms with Crippen molar-refractivity contribution in [2.24, 2.45) is 0 Å². The highest BCUT2D eigenvalue weighted by Crippen LogP contribution is 2.42. The minimum Gasteiger partial charge on any atom is -0.461 e. The quantitative estimate of drug-likeness (QED) is 0.298. The molecule has 250 valence electrons. The van der Waals surface area contributed by atoms with Gasteiger partial charge in [-0.25, -0.2) is 9.18 Å². The predicted molar refractivity (Wildman–Crippen MR) is 184 cm³/mol. The van der Waals surface area contributed by atoms with E-state index in [-0.39, 0.29) is 23.7 Å². The van der Waals surface area contributed by atoms with Crippen LogP contribution in [0.3, 0.4) is 0 Å². The van der Waals surface area contributed by atoms with Crippen LogP contribution >= 0.6 is 15.9 Å². The van der Waals surface area contributed by atoms with E-state index in [1.54, 1.807) is 0 Å². The first-order valence-electron chi connectivity index (χ1n) is 17.2. The van der Waals surface area contributed by atoms with Gasteiger partial charge in [0.1, 0.15) is 24.2 Å². The number of aromatic nitrogens is 2. The molecule has 4 atom stereocenters. The van der Waals surface area contributed by atoms with Gasteiger partial charge in [-0.05, 0) is 76.9 Å². The third kappa shape index (κ3) is 5.71. The van der Waals surface area contributed by atoms with Crippen molar-refractivity contribution < 1.29 is 18.7 Å². The van der Waals surface area contributed by atoms with E-state index in [0.29, 0.717) is 45.2 Å². The summed E-state index contributed by atoms with van der Waals surface area (Å²) in [6, 6.07) is 13.3. The lowest BCUT2D eigenvalue weighted by atomic mass is 9.95. The summed E-state index contributed by atoms with van der Waals surface area (Å²) in [6.45, 7) is 10.4. The second-order valence-electron chi connectivity index (χ2n) is 15.1. The molecule has 0 spiro atoms. The van der Waals surface area contributed by atoms with Crippen molar-refractivity contribution in [1.29, 1.82) is 0 Å². The van der Waals surface area contributed by atoms with Crippen LogP contribution in [0.2, 0.25) is 0 Å². The van der Waals surface area contributed by atoms with Gasteiger partial charge in [-0.15, -0.1) is 0 Å². The fourth-order valence-electron chi connectivity index (χ4n) is 8.80. The number of hydrogen-bond donors (Lipinski definition) is 0. The fourth-order valence-corrected chi connectivity index (χ4v) is 9.38. The first kappa shape index (κ1) is 31.1. The lowest BCUT2D eigenvalue weighted by molar-refractivity contribution is 0.0122. The van der Waals surface area contributed by atoms with Crippen LogP contribution in [0.1, 0.15) is 64.1 Å². The van der Waals surface area contributed by atoms with E-state index in [0.717, 1.165) is 66.7 Å². The molecule has 5 aliphatic rings. The lowest BCUT2D eigenvalue weighted by Crippen LogP contribution is -2.57. The Balaban J connectivity index is 1.12. The molecule has 0 N–H and O–H groups in total. The van der Waals surface area contributed by atoms with Gasteiger partial charge in [0.15, 0.2) is 0 Å². The SMILES string of the molecule is CC(C)(C)OC(=O)N1[C@@H]2CC[C@H]1CN(c1nc(OCC34CCCN3CC(F)C4)nc3c1CCN(c1cccc4cccc(Br)c14)C3)C2. The maximum absolute atomic E-state index is 14.6. The average molecular weight is 708 g/mol. The molecule has 9 nitrogen and oxygen atoms in total. The fraction of sp³-hybridized carbons (Fsp3) is 0.583. The second-order valence-corrected chi connectivity index (χ2v) is 15.9. The summed E-state index contributed by atoms with van der Waals surface area (Å²) in [6.07, 6.45) is 4.16. The summed E-state index contributed by atoms with van der Waals surface area (Å²) in [7, 11) is 0. The van der Waals surface area contributed by atoms with E-state index >= 15 is 0 Å². The molecule has 1 amide bonds. The zero-order valence-corrected chi connectivity index (χ0v) is 29.1. The number of amides is 1. The van der Waals surface area contributed by atoms with Crippen LogP contribution in [0.4, 0.5) is 20.7 Å². The standard InChI is InChI=1S/C36H44BrFN6O3/c1-35(2,3)47-34(45)44-25-11-12-26(44)20-42(19-25)32-27-13-16-41(30-10-5-8-23-7-4-9-28(37)31(23)30)21-29(27)39-33(40-32)46-22-36-14-6-15-43(36)18-24(38)17-36/h4-5,7-10,24-26H,6,11-22H2,1-3H3/t24?,25-,26+,36?. The minimum absolute atomic E-state index is 0.0672. The molecular formula is C36H44BrFN6O3. The van der Waals surface area contributed by atoms with Gasteiger partial charge >= 0.3 is 12.1 Å². The van der Waals surface area contributed by atoms with E-state index in [9.17, 15) is 9.18 Å². The molecule has 4 fully saturated rings. The van der Waals surface area contributed by atoms with Crippen molar-refractivity contribution in [3.05, 3.63) is 52.1 Å². The highest BCUT2D eigenvalue weighted by molar-refractivity contribution is 9.10. The van der Waals surface area contributed by atoms with Gasteiger partial charge in [0.25, 0.3) is 0 Å². The van der Waals surface area contributed by atoms with Crippen molar-refractivity contribution in [3.63, 3.8) is 0 Å². The molecule has 0 aliphatic carbocycles. The van der Waals surface area contributed by atoms with Crippen LogP contribution in [0.5, 0.6) is 6.01 Å². The largest absolute Gasteiger partial charge is 0.461 e. The molecular weight excluding hydrogens is 663 g/mol. The van der Waals surface area contributed by atoms with Gasteiger partial charge in [-0.3, -0.25) is 9.80 Å². The van der Waals surface area contributed by atoms with Crippen LogP contribution in [-0.4, -0.2) is 94.6 Å². The van der Waals surface area contributed by atoms with Gasteiger partial charge in [0.05, 0.1) is 29.9 Å². The highest BCUT2D eigenvalue weighted by atomic mass is 79.9. The number of ether oxygens (including phenoxy) is 2. The number of anilines is 2. The lowest BCUT2D eigenvalue weighted by Gasteiger charge is -2.43. The van der Waals surface area contributed by atoms with Crippen LogP contribution in [0.25, 0.3) is 10.8 Å². The van der Waals surface area contributed by atoms with Crippen molar-refractivity contribution >= 4 is 44.3 Å². The summed E-state index contributed by atoms with van der Waals surface area (Å²) in [5.74, 6) is 0.917. The van der Waals surface area contributed by atoms with Gasteiger partial charge in [0, 0.05) is 53.7 Å². The zero-order valence-electron chi connectivity index (χ0n) is 27.6. The Morgan fingerprint density at radius 1 is 1.04 bits per heavy atom. The summed E-state index contributed by atoms with van der Waals surface area (Å²) in [4.78, 5) is 32.4. The maximum atomic E-state index is 14.6. The van der Waals surface area contributed by atoms with E-state index in [2.05, 4.69) is 67.0 Å². The van der Waals surface area contributed by atoms with E-state index in [1.165, 1.54) is 16.5 Å². The summed E-state index contributed by atoms with van der Waals surface area (Å²) in [5, 5.41) is 2.39. The molecule has 2 aromatic carbocycles. The van der Waals surface area contributed by atoms with E-state index < -0.39 is 11.8 Å². The topological polar surface area (TPSA) is 74.3 Å². The maximum Gasteiger partial charge on any atom is 0.410 e. The minimum atomic E-state index is -0.816. The summed E-state index contributed by atoms with van der Waals surface area (Å²) in [5.41, 5.74) is 2.49. The van der Waals surface area contributed by atoms with Crippen molar-refractivity contribution in [2.75, 3.05) is 49.1 Å². The molecule has 2 unspecified atom stereocenters. The Morgan fingerprint density at radius 2 is 1.81 bits per heavy atom. The van der Waals surface area contributed by atoms with Crippen LogP contribution in [-0.2, 0) is 17.7 Å². The number of alkyl halides is 1. The second kappa shape index (κ2) is 11.8. The Labute approximate surface area is 284 Å². The van der Waals surface area contributed by atoms with E-state index in [1.807, 2.05) is 25.7 Å². The third-order valence-corrected chi connectivity index (χ3v) is 11.5. The molecule has 8 rings (SSSR count). The predicted octanol–water partition coefficient (Wildman–Crippen LogP) is 6.50. The molecule has 11 heteroatoms. The molecule has 4 saturated heterocycles. The molecule has 0 radical (unpaired) electrons. The number of piperazine rings is 1. The highest BCUT2D eigenvalue weighted by Gasteiger charge is 2.50. The Bertz CT molecular complexity index is 1680. The molecule has 6 heterocycles. The van der Waals surface area contributed by atoms with Crippen molar-refractivity contribution in [2.45, 2.75) is 95.2 Å². The molecule has 1 aromatic heterocycles. The molecule has 2 bridgehead atoms. The van der Waals surface area contributed by atoms with Gasteiger partial charge in [0.2, 0.25) is 0 Å². The van der Waals surface area contributed by atoms with Crippen molar-refractivity contribution in [1.82, 2.24) is 19.8 Å². The van der Waals surface area contributed by atoms with E-state index in [4.69, 9.17) is 19.4 Å². The Morgan fingerprint density at radius 3 is 2.57 bits per heavy atom. The molecule has 3 aromatic rings. The van der Waals surface area contributed by atoms with Crippen LogP contribution < -0.4 is 14.5 Å². The molecule has 47 heavy (non-hydrogen) atoms. The normalized spacial score (nSPS) is 27.3. The monoisotopic (exact) mass is 706 g/mol. The van der Waals surface area contributed by atoms with Crippen LogP contribution in [0, 0.1) is 0 Å². The Hall–Kier alpha value is -3.18. The number of hydrogen-bond acceptors (Lipinski definition) is 8. The summed E-state index contributed by atoms with van der Waals surface area (Å²) < 4.78 is 27.9. The van der Waals surface area contributed by atoms with Gasteiger partial charge in [-0.2, -0.15) is 9.97 Å². The first-order valence-corrected chi connectivity index (χ1v) is 18.0. The number of rotatable bonds is 5. The zero-order chi connectivity index (χ0) is 32.5. The number of carbonyl (C=O) groups is 1. The number of halogens is 2. The van der Waals surface area contributed by atoms with Gasteiger partial charge in [-0.1, -0.05) is 40.2 Å². The smallest absolute Gasteiger partial charge is 0.410 e. The number of fused-ring (bicyclic) bond motifs is 5. The Kier molecular flexibility index (Phi) is 7.78. The first-order chi connectivity index (χ1) is 22.6. The van der Waals surface area contributed by atoms with Crippen molar-refractivity contribution in [3.8, 4) is 6.01 Å². The number of nitrogens with zero attached hydrogens (tertiary/aromatic N) is 6. The molecule has 5 aliphatic heterocycles. The average Bonchev–Trinajstić information content (AvgIpc) is 3.65. The number of carbonyl (C=O) groups excluding carboxylic acids is 1. The third-order valence-electron chi connectivity index (χ3n) is 10.8. The molecule has 0 saturated carbocycles. The summed E-state index contributed by atoms with van der Waals surface area (Å²) >= 11 is 3.80. The number of benzene rings is 2. The van der Waals surface area contributed by atoms with Crippen LogP contribution in [0.15, 0.2) is 40.9 Å².